The maximum absolute atomic E-state index is 13.2. The van der Waals surface area contributed by atoms with Crippen LogP contribution in [0, 0.1) is 12.7 Å². The molecule has 2 aromatic heterocycles. The molecule has 0 unspecified atom stereocenters. The summed E-state index contributed by atoms with van der Waals surface area (Å²) in [6.07, 6.45) is -0.00120. The number of aromatic nitrogens is 1. The molecule has 1 aliphatic rings. The summed E-state index contributed by atoms with van der Waals surface area (Å²) >= 11 is 8.34. The molecule has 4 aromatic rings. The van der Waals surface area contributed by atoms with E-state index in [0.29, 0.717) is 42.6 Å². The lowest BCUT2D eigenvalue weighted by Crippen LogP contribution is -2.47. The highest BCUT2D eigenvalue weighted by Gasteiger charge is 2.23. The fraction of sp³-hybridized carbons (Fsp3) is 0.308. The summed E-state index contributed by atoms with van der Waals surface area (Å²) in [4.78, 5) is 20.5. The van der Waals surface area contributed by atoms with Gasteiger partial charge in [0.05, 0.1) is 29.8 Å². The number of rotatable bonds is 7. The van der Waals surface area contributed by atoms with Gasteiger partial charge >= 0.3 is 0 Å². The van der Waals surface area contributed by atoms with E-state index >= 15 is 0 Å². The van der Waals surface area contributed by atoms with E-state index < -0.39 is 0 Å². The Balaban J connectivity index is 1.14. The van der Waals surface area contributed by atoms with Crippen molar-refractivity contribution in [2.24, 2.45) is 0 Å². The van der Waals surface area contributed by atoms with Gasteiger partial charge in [-0.05, 0) is 37.3 Å². The van der Waals surface area contributed by atoms with Crippen molar-refractivity contribution < 1.29 is 18.3 Å². The Morgan fingerprint density at radius 2 is 2.06 bits per heavy atom. The van der Waals surface area contributed by atoms with Gasteiger partial charge in [0.15, 0.2) is 0 Å². The van der Waals surface area contributed by atoms with Crippen molar-refractivity contribution in [1.29, 1.82) is 0 Å². The summed E-state index contributed by atoms with van der Waals surface area (Å²) in [7, 11) is 0. The number of aryl methyl sites for hydroxylation is 1. The van der Waals surface area contributed by atoms with Gasteiger partial charge < -0.3 is 14.5 Å². The molecule has 1 saturated heterocycles. The Morgan fingerprint density at radius 1 is 1.26 bits per heavy atom. The van der Waals surface area contributed by atoms with Crippen LogP contribution in [0.15, 0.2) is 52.9 Å². The summed E-state index contributed by atoms with van der Waals surface area (Å²) in [6.45, 7) is 5.08. The molecule has 1 N–H and O–H groups in total. The monoisotopic (exact) mass is 513 g/mol. The van der Waals surface area contributed by atoms with E-state index in [1.165, 1.54) is 16.8 Å². The van der Waals surface area contributed by atoms with Gasteiger partial charge in [-0.25, -0.2) is 9.37 Å². The minimum atomic E-state index is -0.327. The number of oxazole rings is 1. The summed E-state index contributed by atoms with van der Waals surface area (Å²) in [5.41, 5.74) is 1.23. The normalized spacial score (nSPS) is 16.6. The van der Waals surface area contributed by atoms with E-state index in [4.69, 9.17) is 20.8 Å². The summed E-state index contributed by atoms with van der Waals surface area (Å²) in [6, 6.07) is 14.1. The first-order chi connectivity index (χ1) is 17.0. The highest BCUT2D eigenvalue weighted by Crippen LogP contribution is 2.36. The van der Waals surface area contributed by atoms with Gasteiger partial charge in [-0.15, -0.1) is 11.3 Å². The lowest BCUT2D eigenvalue weighted by molar-refractivity contribution is -0.121. The van der Waals surface area contributed by atoms with Crippen LogP contribution >= 0.6 is 22.9 Å². The van der Waals surface area contributed by atoms with Crippen molar-refractivity contribution in [1.82, 2.24) is 15.2 Å². The fourth-order valence-electron chi connectivity index (χ4n) is 4.17. The average molecular weight is 514 g/mol. The zero-order valence-corrected chi connectivity index (χ0v) is 20.8. The van der Waals surface area contributed by atoms with Crippen LogP contribution in [0.4, 0.5) is 4.39 Å². The molecular formula is C26H25ClFN3O3S. The number of nitrogens with zero attached hydrogens (tertiary/aromatic N) is 2. The maximum Gasteiger partial charge on any atom is 0.226 e. The molecule has 35 heavy (non-hydrogen) atoms. The van der Waals surface area contributed by atoms with Crippen LogP contribution in [0.3, 0.4) is 0 Å². The predicted molar refractivity (Wildman–Crippen MR) is 135 cm³/mol. The highest BCUT2D eigenvalue weighted by atomic mass is 35.5. The van der Waals surface area contributed by atoms with Crippen molar-refractivity contribution in [3.05, 3.63) is 75.7 Å². The molecule has 2 aromatic carbocycles. The molecule has 0 spiro atoms. The summed E-state index contributed by atoms with van der Waals surface area (Å²) in [5, 5.41) is 4.87. The molecular weight excluding hydrogens is 489 g/mol. The molecule has 0 bridgehead atoms. The van der Waals surface area contributed by atoms with Gasteiger partial charge in [0.1, 0.15) is 11.6 Å². The van der Waals surface area contributed by atoms with Gasteiger partial charge in [-0.3, -0.25) is 9.69 Å². The third kappa shape index (κ3) is 5.56. The topological polar surface area (TPSA) is 67.6 Å². The lowest BCUT2D eigenvalue weighted by Gasteiger charge is -2.32. The molecule has 5 rings (SSSR count). The Kier molecular flexibility index (Phi) is 7.15. The zero-order valence-electron chi connectivity index (χ0n) is 19.2. The number of morpholine rings is 1. The first-order valence-electron chi connectivity index (χ1n) is 11.4. The SMILES string of the molecule is Cc1oc(-c2ccc(F)cc2)nc1CC(=O)NC[C@H]1CN(Cc2sc3ccccc3c2Cl)CCO1. The molecule has 9 heteroatoms. The van der Waals surface area contributed by atoms with Crippen LogP contribution < -0.4 is 5.32 Å². The number of fused-ring (bicyclic) bond motifs is 1. The first-order valence-corrected chi connectivity index (χ1v) is 12.6. The Bertz CT molecular complexity index is 1340. The van der Waals surface area contributed by atoms with Crippen LogP contribution in [0.25, 0.3) is 21.5 Å². The van der Waals surface area contributed by atoms with E-state index in [-0.39, 0.29) is 24.2 Å². The van der Waals surface area contributed by atoms with Gasteiger partial charge in [0, 0.05) is 46.7 Å². The number of thiophene rings is 1. The Labute approximate surface area is 211 Å². The molecule has 3 heterocycles. The van der Waals surface area contributed by atoms with Crippen LogP contribution in [-0.4, -0.2) is 48.1 Å². The third-order valence-electron chi connectivity index (χ3n) is 6.03. The molecule has 1 amide bonds. The van der Waals surface area contributed by atoms with E-state index in [0.717, 1.165) is 28.4 Å². The van der Waals surface area contributed by atoms with Crippen LogP contribution in [0.1, 0.15) is 16.3 Å². The third-order valence-corrected chi connectivity index (χ3v) is 7.73. The average Bonchev–Trinajstić information content (AvgIpc) is 3.38. The van der Waals surface area contributed by atoms with Crippen molar-refractivity contribution in [2.75, 3.05) is 26.2 Å². The molecule has 0 radical (unpaired) electrons. The molecule has 1 atom stereocenters. The number of benzene rings is 2. The van der Waals surface area contributed by atoms with E-state index in [9.17, 15) is 9.18 Å². The van der Waals surface area contributed by atoms with Crippen molar-refractivity contribution in [3.63, 3.8) is 0 Å². The van der Waals surface area contributed by atoms with E-state index in [1.807, 2.05) is 12.1 Å². The lowest BCUT2D eigenvalue weighted by atomic mass is 10.2. The minimum Gasteiger partial charge on any atom is -0.441 e. The van der Waals surface area contributed by atoms with Crippen LogP contribution in [0.5, 0.6) is 0 Å². The predicted octanol–water partition coefficient (Wildman–Crippen LogP) is 5.22. The van der Waals surface area contributed by atoms with Gasteiger partial charge in [-0.2, -0.15) is 0 Å². The van der Waals surface area contributed by atoms with Crippen molar-refractivity contribution in [3.8, 4) is 11.5 Å². The summed E-state index contributed by atoms with van der Waals surface area (Å²) in [5.74, 6) is 0.462. The number of carbonyl (C=O) groups is 1. The maximum atomic E-state index is 13.2. The van der Waals surface area contributed by atoms with Gasteiger partial charge in [0.25, 0.3) is 0 Å². The Hall–Kier alpha value is -2.78. The number of carbonyl (C=O) groups excluding carboxylic acids is 1. The molecule has 0 saturated carbocycles. The molecule has 1 fully saturated rings. The number of hydrogen-bond donors (Lipinski definition) is 1. The first kappa shape index (κ1) is 23.9. The number of halogens is 2. The minimum absolute atomic E-state index is 0.102. The summed E-state index contributed by atoms with van der Waals surface area (Å²) < 4.78 is 25.9. The molecule has 182 valence electrons. The van der Waals surface area contributed by atoms with Crippen LogP contribution in [-0.2, 0) is 22.5 Å². The van der Waals surface area contributed by atoms with Crippen LogP contribution in [0.2, 0.25) is 5.02 Å². The van der Waals surface area contributed by atoms with E-state index in [1.54, 1.807) is 30.4 Å². The zero-order chi connectivity index (χ0) is 24.4. The highest BCUT2D eigenvalue weighted by molar-refractivity contribution is 7.19. The quantitative estimate of drug-likeness (QED) is 0.367. The molecule has 0 aliphatic carbocycles. The second kappa shape index (κ2) is 10.5. The number of amides is 1. The van der Waals surface area contributed by atoms with E-state index in [2.05, 4.69) is 27.3 Å². The smallest absolute Gasteiger partial charge is 0.226 e. The van der Waals surface area contributed by atoms with Gasteiger partial charge in [0.2, 0.25) is 11.8 Å². The number of hydrogen-bond acceptors (Lipinski definition) is 6. The largest absolute Gasteiger partial charge is 0.441 e. The number of ether oxygens (including phenoxy) is 1. The molecule has 6 nitrogen and oxygen atoms in total. The number of nitrogens with one attached hydrogen (secondary N) is 1. The standard InChI is InChI=1S/C26H25ClFN3O3S/c1-16-21(30-26(34-16)17-6-8-18(28)9-7-17)12-24(32)29-13-19-14-31(10-11-33-19)15-23-25(27)20-4-2-3-5-22(20)35-23/h2-9,19H,10-15H2,1H3,(H,29,32)/t19-/m0/s1. The van der Waals surface area contributed by atoms with Gasteiger partial charge in [-0.1, -0.05) is 29.8 Å². The second-order valence-electron chi connectivity index (χ2n) is 8.57. The fourth-order valence-corrected chi connectivity index (χ4v) is 5.70. The Morgan fingerprint density at radius 3 is 2.86 bits per heavy atom. The van der Waals surface area contributed by atoms with Crippen molar-refractivity contribution >= 4 is 38.9 Å². The molecule has 1 aliphatic heterocycles. The second-order valence-corrected chi connectivity index (χ2v) is 10.1. The van der Waals surface area contributed by atoms with Crippen molar-refractivity contribution in [2.45, 2.75) is 26.0 Å².